The Morgan fingerprint density at radius 2 is 1.51 bits per heavy atom. The van der Waals surface area contributed by atoms with E-state index in [0.717, 1.165) is 39.4 Å². The summed E-state index contributed by atoms with van der Waals surface area (Å²) in [5.74, 6) is -1.43. The van der Waals surface area contributed by atoms with Gasteiger partial charge in [-0.1, -0.05) is 54.6 Å². The van der Waals surface area contributed by atoms with Crippen molar-refractivity contribution >= 4 is 27.5 Å². The Bertz CT molecular complexity index is 1390. The predicted octanol–water partition coefficient (Wildman–Crippen LogP) is 4.45. The zero-order chi connectivity index (χ0) is 28.8. The quantitative estimate of drug-likeness (QED) is 0.402. The summed E-state index contributed by atoms with van der Waals surface area (Å²) in [4.78, 5) is 29.2. The number of sulfonamides is 1. The Labute approximate surface area is 230 Å². The highest BCUT2D eigenvalue weighted by Crippen LogP contribution is 2.22. The first kappa shape index (κ1) is 29.8. The molecule has 3 aromatic rings. The summed E-state index contributed by atoms with van der Waals surface area (Å²) in [5.41, 5.74) is 2.22. The summed E-state index contributed by atoms with van der Waals surface area (Å²) in [6.07, 6.45) is 1.22. The van der Waals surface area contributed by atoms with Crippen molar-refractivity contribution < 1.29 is 22.4 Å². The first-order valence-corrected chi connectivity index (χ1v) is 14.5. The molecule has 39 heavy (non-hydrogen) atoms. The monoisotopic (exact) mass is 553 g/mol. The van der Waals surface area contributed by atoms with Gasteiger partial charge < -0.3 is 10.2 Å². The fourth-order valence-corrected chi connectivity index (χ4v) is 5.05. The Kier molecular flexibility index (Phi) is 9.50. The van der Waals surface area contributed by atoms with E-state index in [2.05, 4.69) is 5.32 Å². The van der Waals surface area contributed by atoms with Gasteiger partial charge >= 0.3 is 0 Å². The van der Waals surface area contributed by atoms with Crippen LogP contribution >= 0.6 is 0 Å². The number of rotatable bonds is 10. The van der Waals surface area contributed by atoms with Crippen molar-refractivity contribution in [2.45, 2.75) is 52.2 Å². The molecule has 0 bridgehead atoms. The minimum absolute atomic E-state index is 0.0988. The first-order chi connectivity index (χ1) is 18.2. The average Bonchev–Trinajstić information content (AvgIpc) is 2.85. The fraction of sp³-hybridized carbons (Fsp3) is 0.333. The minimum atomic E-state index is -3.91. The Morgan fingerprint density at radius 1 is 0.923 bits per heavy atom. The van der Waals surface area contributed by atoms with Gasteiger partial charge in [-0.3, -0.25) is 13.9 Å². The van der Waals surface area contributed by atoms with E-state index in [1.54, 1.807) is 0 Å². The highest BCUT2D eigenvalue weighted by atomic mass is 32.2. The molecule has 0 aromatic heterocycles. The minimum Gasteiger partial charge on any atom is -0.350 e. The number of hydrogen-bond donors (Lipinski definition) is 1. The van der Waals surface area contributed by atoms with Gasteiger partial charge in [0, 0.05) is 18.5 Å². The summed E-state index contributed by atoms with van der Waals surface area (Å²) < 4.78 is 40.0. The van der Waals surface area contributed by atoms with Crippen molar-refractivity contribution in [3.63, 3.8) is 0 Å². The van der Waals surface area contributed by atoms with Gasteiger partial charge in [0.25, 0.3) is 0 Å². The molecule has 3 rings (SSSR count). The Hall–Kier alpha value is -3.72. The molecule has 0 spiro atoms. The zero-order valence-electron chi connectivity index (χ0n) is 23.0. The van der Waals surface area contributed by atoms with Crippen LogP contribution in [-0.4, -0.2) is 49.5 Å². The van der Waals surface area contributed by atoms with Crippen LogP contribution in [0.3, 0.4) is 0 Å². The third-order valence-electron chi connectivity index (χ3n) is 6.17. The van der Waals surface area contributed by atoms with E-state index in [0.29, 0.717) is 0 Å². The Balaban J connectivity index is 2.08. The molecule has 0 aliphatic rings. The number of amides is 2. The maximum absolute atomic E-state index is 14.0. The average molecular weight is 554 g/mol. The van der Waals surface area contributed by atoms with Crippen molar-refractivity contribution in [3.05, 3.63) is 101 Å². The number of nitrogens with zero attached hydrogens (tertiary/aromatic N) is 2. The van der Waals surface area contributed by atoms with E-state index >= 15 is 0 Å². The molecule has 0 aliphatic heterocycles. The number of aryl methyl sites for hydroxylation is 1. The maximum atomic E-state index is 14.0. The van der Waals surface area contributed by atoms with Gasteiger partial charge in [-0.05, 0) is 68.7 Å². The lowest BCUT2D eigenvalue weighted by Crippen LogP contribution is -2.56. The van der Waals surface area contributed by atoms with E-state index < -0.39 is 39.9 Å². The second-order valence-electron chi connectivity index (χ2n) is 10.6. The standard InChI is InChI=1S/C30H36FN3O4S/c1-22-11-9-10-14-24(22)20-33(27(29(36)32-30(2,3)4)19-23-12-7-6-8-13-23)28(35)21-34(39(5,37)38)26-17-15-25(31)16-18-26/h6-18,27H,19-21H2,1-5H3,(H,32,36)/t27-/m0/s1. The van der Waals surface area contributed by atoms with Crippen LogP contribution in [0.2, 0.25) is 0 Å². The molecule has 7 nitrogen and oxygen atoms in total. The lowest BCUT2D eigenvalue weighted by molar-refractivity contribution is -0.140. The molecule has 2 amide bonds. The molecule has 208 valence electrons. The molecule has 3 aromatic carbocycles. The van der Waals surface area contributed by atoms with E-state index in [1.807, 2.05) is 82.3 Å². The van der Waals surface area contributed by atoms with Crippen molar-refractivity contribution in [3.8, 4) is 0 Å². The third-order valence-corrected chi connectivity index (χ3v) is 7.31. The topological polar surface area (TPSA) is 86.8 Å². The van der Waals surface area contributed by atoms with Crippen LogP contribution in [0.4, 0.5) is 10.1 Å². The normalized spacial score (nSPS) is 12.5. The van der Waals surface area contributed by atoms with Crippen LogP contribution < -0.4 is 9.62 Å². The number of carbonyl (C=O) groups excluding carboxylic acids is 2. The molecular formula is C30H36FN3O4S. The lowest BCUT2D eigenvalue weighted by atomic mass is 10.00. The molecule has 0 radical (unpaired) electrons. The molecule has 9 heteroatoms. The van der Waals surface area contributed by atoms with Crippen LogP contribution in [0.1, 0.15) is 37.5 Å². The van der Waals surface area contributed by atoms with Gasteiger partial charge in [0.05, 0.1) is 11.9 Å². The van der Waals surface area contributed by atoms with Gasteiger partial charge in [-0.25, -0.2) is 12.8 Å². The molecule has 0 saturated heterocycles. The highest BCUT2D eigenvalue weighted by Gasteiger charge is 2.34. The van der Waals surface area contributed by atoms with Crippen LogP contribution in [0.15, 0.2) is 78.9 Å². The molecule has 0 saturated carbocycles. The number of hydrogen-bond acceptors (Lipinski definition) is 4. The summed E-state index contributed by atoms with van der Waals surface area (Å²) >= 11 is 0. The third kappa shape index (κ3) is 8.64. The van der Waals surface area contributed by atoms with Gasteiger partial charge in [-0.15, -0.1) is 0 Å². The van der Waals surface area contributed by atoms with Crippen LogP contribution in [0, 0.1) is 12.7 Å². The Morgan fingerprint density at radius 3 is 2.08 bits per heavy atom. The van der Waals surface area contributed by atoms with E-state index in [-0.39, 0.29) is 24.6 Å². The zero-order valence-corrected chi connectivity index (χ0v) is 23.8. The SMILES string of the molecule is Cc1ccccc1CN(C(=O)CN(c1ccc(F)cc1)S(C)(=O)=O)[C@@H](Cc1ccccc1)C(=O)NC(C)(C)C. The molecule has 0 aliphatic carbocycles. The van der Waals surface area contributed by atoms with Crippen molar-refractivity contribution in [2.24, 2.45) is 0 Å². The van der Waals surface area contributed by atoms with E-state index in [9.17, 15) is 22.4 Å². The number of nitrogens with one attached hydrogen (secondary N) is 1. The van der Waals surface area contributed by atoms with E-state index in [1.165, 1.54) is 17.0 Å². The predicted molar refractivity (Wildman–Crippen MR) is 152 cm³/mol. The van der Waals surface area contributed by atoms with Crippen molar-refractivity contribution in [2.75, 3.05) is 17.1 Å². The highest BCUT2D eigenvalue weighted by molar-refractivity contribution is 7.92. The first-order valence-electron chi connectivity index (χ1n) is 12.7. The van der Waals surface area contributed by atoms with Gasteiger partial charge in [-0.2, -0.15) is 0 Å². The van der Waals surface area contributed by atoms with E-state index in [4.69, 9.17) is 0 Å². The number of benzene rings is 3. The van der Waals surface area contributed by atoms with Crippen molar-refractivity contribution in [1.82, 2.24) is 10.2 Å². The smallest absolute Gasteiger partial charge is 0.244 e. The molecule has 1 N–H and O–H groups in total. The molecule has 0 unspecified atom stereocenters. The van der Waals surface area contributed by atoms with Crippen LogP contribution in [0.25, 0.3) is 0 Å². The lowest BCUT2D eigenvalue weighted by Gasteiger charge is -2.35. The summed E-state index contributed by atoms with van der Waals surface area (Å²) in [6, 6.07) is 20.9. The van der Waals surface area contributed by atoms with Crippen LogP contribution in [-0.2, 0) is 32.6 Å². The fourth-order valence-electron chi connectivity index (χ4n) is 4.20. The summed E-state index contributed by atoms with van der Waals surface area (Å²) in [5, 5.41) is 2.99. The van der Waals surface area contributed by atoms with Crippen molar-refractivity contribution in [1.29, 1.82) is 0 Å². The number of anilines is 1. The molecule has 0 heterocycles. The second-order valence-corrected chi connectivity index (χ2v) is 12.5. The largest absolute Gasteiger partial charge is 0.350 e. The van der Waals surface area contributed by atoms with Gasteiger partial charge in [0.15, 0.2) is 0 Å². The number of halogens is 1. The number of carbonyl (C=O) groups is 2. The summed E-state index contributed by atoms with van der Waals surface area (Å²) in [6.45, 7) is 7.04. The molecule has 1 atom stereocenters. The maximum Gasteiger partial charge on any atom is 0.244 e. The molecule has 0 fully saturated rings. The van der Waals surface area contributed by atoms with Gasteiger partial charge in [0.1, 0.15) is 18.4 Å². The second kappa shape index (κ2) is 12.4. The van der Waals surface area contributed by atoms with Gasteiger partial charge in [0.2, 0.25) is 21.8 Å². The van der Waals surface area contributed by atoms with Crippen LogP contribution in [0.5, 0.6) is 0 Å². The molecular weight excluding hydrogens is 517 g/mol. The summed E-state index contributed by atoms with van der Waals surface area (Å²) in [7, 11) is -3.91.